The number of nitrogens with zero attached hydrogens (tertiary/aromatic N) is 3. The molecule has 0 saturated carbocycles. The summed E-state index contributed by atoms with van der Waals surface area (Å²) >= 11 is 5.66. The summed E-state index contributed by atoms with van der Waals surface area (Å²) in [6.45, 7) is 3.95. The number of ether oxygens (including phenoxy) is 1. The van der Waals surface area contributed by atoms with Crippen molar-refractivity contribution >= 4 is 47.0 Å². The molecule has 1 aromatic carbocycles. The first-order chi connectivity index (χ1) is 17.5. The monoisotopic (exact) mass is 536 g/mol. The molecule has 1 aliphatic heterocycles. The number of thioether (sulfide) groups is 2. The highest BCUT2D eigenvalue weighted by Crippen LogP contribution is 2.45. The van der Waals surface area contributed by atoms with Crippen molar-refractivity contribution in [2.45, 2.75) is 44.1 Å². The van der Waals surface area contributed by atoms with Crippen molar-refractivity contribution in [3.63, 3.8) is 0 Å². The van der Waals surface area contributed by atoms with Crippen LogP contribution in [0.5, 0.6) is 5.75 Å². The molecule has 6 nitrogen and oxygen atoms in total. The summed E-state index contributed by atoms with van der Waals surface area (Å²) in [6, 6.07) is 12.4. The molecule has 0 bridgehead atoms. The molecule has 1 saturated heterocycles. The third-order valence-electron chi connectivity index (χ3n) is 6.47. The molecule has 0 radical (unpaired) electrons. The molecule has 0 unspecified atom stereocenters. The van der Waals surface area contributed by atoms with Crippen LogP contribution in [0.25, 0.3) is 5.00 Å². The average molecular weight is 537 g/mol. The Labute approximate surface area is 224 Å². The summed E-state index contributed by atoms with van der Waals surface area (Å²) in [5.74, 6) is 2.73. The Bertz CT molecular complexity index is 1330. The fourth-order valence-electron chi connectivity index (χ4n) is 4.68. The van der Waals surface area contributed by atoms with Crippen LogP contribution in [0.3, 0.4) is 0 Å². The second-order valence-electron chi connectivity index (χ2n) is 8.89. The maximum Gasteiger partial charge on any atom is 0.277 e. The number of carbonyl (C=O) groups is 1. The number of rotatable bonds is 7. The van der Waals surface area contributed by atoms with E-state index < -0.39 is 0 Å². The maximum atomic E-state index is 12.3. The molecule has 1 aliphatic carbocycles. The highest BCUT2D eigenvalue weighted by atomic mass is 32.2. The van der Waals surface area contributed by atoms with Crippen molar-refractivity contribution in [1.29, 1.82) is 5.26 Å². The lowest BCUT2D eigenvalue weighted by molar-refractivity contribution is -0.123. The van der Waals surface area contributed by atoms with Crippen molar-refractivity contribution in [2.24, 2.45) is 5.10 Å². The molecule has 0 spiro atoms. The number of hydrogen-bond acceptors (Lipinski definition) is 7. The Morgan fingerprint density at radius 2 is 1.97 bits per heavy atom. The Morgan fingerprint density at radius 3 is 2.72 bits per heavy atom. The molecule has 5 rings (SSSR count). The highest BCUT2D eigenvalue weighted by molar-refractivity contribution is 8.19. The van der Waals surface area contributed by atoms with E-state index in [0.29, 0.717) is 10.3 Å². The van der Waals surface area contributed by atoms with Gasteiger partial charge in [-0.15, -0.1) is 34.9 Å². The van der Waals surface area contributed by atoms with E-state index in [2.05, 4.69) is 33.3 Å². The summed E-state index contributed by atoms with van der Waals surface area (Å²) in [4.78, 5) is 13.6. The van der Waals surface area contributed by atoms with E-state index >= 15 is 0 Å². The van der Waals surface area contributed by atoms with Crippen molar-refractivity contribution in [3.05, 3.63) is 68.9 Å². The van der Waals surface area contributed by atoms with Gasteiger partial charge in [-0.2, -0.15) is 10.4 Å². The normalized spacial score (nSPS) is 15.7. The van der Waals surface area contributed by atoms with Crippen LogP contribution in [0, 0.1) is 25.2 Å². The highest BCUT2D eigenvalue weighted by Gasteiger charge is 2.24. The van der Waals surface area contributed by atoms with Crippen LogP contribution in [-0.2, 0) is 17.6 Å². The largest absolute Gasteiger partial charge is 0.484 e. The van der Waals surface area contributed by atoms with Gasteiger partial charge in [0.15, 0.2) is 6.61 Å². The van der Waals surface area contributed by atoms with Crippen molar-refractivity contribution in [3.8, 4) is 16.8 Å². The fourth-order valence-corrected chi connectivity index (χ4v) is 8.99. The van der Waals surface area contributed by atoms with E-state index in [0.717, 1.165) is 46.8 Å². The quantitative estimate of drug-likeness (QED) is 0.300. The Morgan fingerprint density at radius 1 is 1.22 bits per heavy atom. The first-order valence-corrected chi connectivity index (χ1v) is 15.0. The minimum atomic E-state index is -0.316. The molecule has 1 amide bonds. The van der Waals surface area contributed by atoms with Crippen LogP contribution in [0.15, 0.2) is 35.4 Å². The second-order valence-corrected chi connectivity index (χ2v) is 12.7. The van der Waals surface area contributed by atoms with E-state index in [1.807, 2.05) is 55.6 Å². The predicted octanol–water partition coefficient (Wildman–Crippen LogP) is 5.91. The van der Waals surface area contributed by atoms with Gasteiger partial charge in [0.05, 0.1) is 16.4 Å². The van der Waals surface area contributed by atoms with Crippen molar-refractivity contribution in [1.82, 2.24) is 9.99 Å². The number of aryl methyl sites for hydroxylation is 2. The molecule has 1 fully saturated rings. The topological polar surface area (TPSA) is 79.4 Å². The maximum absolute atomic E-state index is 12.3. The van der Waals surface area contributed by atoms with E-state index in [-0.39, 0.29) is 12.5 Å². The zero-order valence-corrected chi connectivity index (χ0v) is 22.8. The van der Waals surface area contributed by atoms with Gasteiger partial charge in [-0.1, -0.05) is 12.1 Å². The van der Waals surface area contributed by atoms with Crippen LogP contribution in [0.1, 0.15) is 55.9 Å². The van der Waals surface area contributed by atoms with Gasteiger partial charge in [0.1, 0.15) is 16.8 Å². The number of thiophene rings is 1. The van der Waals surface area contributed by atoms with Gasteiger partial charge in [-0.25, -0.2) is 5.43 Å². The van der Waals surface area contributed by atoms with E-state index in [1.165, 1.54) is 33.9 Å². The lowest BCUT2D eigenvalue weighted by Gasteiger charge is -2.10. The lowest BCUT2D eigenvalue weighted by atomic mass is 9.96. The number of fused-ring (bicyclic) bond motifs is 1. The van der Waals surface area contributed by atoms with E-state index in [1.54, 1.807) is 17.6 Å². The number of aromatic nitrogens is 1. The predicted molar refractivity (Wildman–Crippen MR) is 150 cm³/mol. The molecule has 3 aromatic rings. The first-order valence-electron chi connectivity index (χ1n) is 12.1. The molecular formula is C27H28N4O2S3. The van der Waals surface area contributed by atoms with Crippen molar-refractivity contribution in [2.75, 3.05) is 18.1 Å². The minimum Gasteiger partial charge on any atom is -0.484 e. The standard InChI is InChI=1S/C27H28N4O2S3/c1-17-13-20(18(2)31(17)26-23(14-28)22-5-3-4-6-24(22)36-26)15-29-30-25(32)16-33-21-9-7-19(8-10-21)27-34-11-12-35-27/h7-10,13,15,27H,3-6,11-12,16H2,1-2H3,(H,30,32)/b29-15-. The third kappa shape index (κ3) is 5.22. The summed E-state index contributed by atoms with van der Waals surface area (Å²) in [6.07, 6.45) is 6.03. The summed E-state index contributed by atoms with van der Waals surface area (Å²) in [5, 5.41) is 15.0. The molecule has 9 heteroatoms. The summed E-state index contributed by atoms with van der Waals surface area (Å²) < 4.78 is 8.26. The first kappa shape index (κ1) is 25.0. The lowest BCUT2D eigenvalue weighted by Crippen LogP contribution is -2.24. The number of carbonyl (C=O) groups excluding carboxylic acids is 1. The Balaban J connectivity index is 1.20. The number of benzene rings is 1. The molecule has 36 heavy (non-hydrogen) atoms. The number of nitriles is 1. The zero-order valence-electron chi connectivity index (χ0n) is 20.4. The van der Waals surface area contributed by atoms with Gasteiger partial charge in [-0.3, -0.25) is 4.79 Å². The molecule has 0 atom stereocenters. The van der Waals surface area contributed by atoms with Crippen LogP contribution in [0.4, 0.5) is 0 Å². The van der Waals surface area contributed by atoms with Gasteiger partial charge < -0.3 is 9.30 Å². The van der Waals surface area contributed by atoms with Gasteiger partial charge in [0, 0.05) is 33.3 Å². The van der Waals surface area contributed by atoms with E-state index in [9.17, 15) is 10.1 Å². The Hall–Kier alpha value is -2.67. The van der Waals surface area contributed by atoms with Crippen molar-refractivity contribution < 1.29 is 9.53 Å². The molecule has 2 aliphatic rings. The van der Waals surface area contributed by atoms with Crippen LogP contribution in [-0.4, -0.2) is 34.8 Å². The molecule has 3 heterocycles. The van der Waals surface area contributed by atoms with Gasteiger partial charge in [0.2, 0.25) is 0 Å². The smallest absolute Gasteiger partial charge is 0.277 e. The molecule has 186 valence electrons. The second kappa shape index (κ2) is 11.2. The van der Waals surface area contributed by atoms with Crippen LogP contribution >= 0.6 is 34.9 Å². The molecule has 1 N–H and O–H groups in total. The van der Waals surface area contributed by atoms with Crippen LogP contribution < -0.4 is 10.2 Å². The van der Waals surface area contributed by atoms with Gasteiger partial charge in [0.25, 0.3) is 5.91 Å². The van der Waals surface area contributed by atoms with Crippen LogP contribution in [0.2, 0.25) is 0 Å². The van der Waals surface area contributed by atoms with E-state index in [4.69, 9.17) is 4.74 Å². The SMILES string of the molecule is Cc1cc(/C=N\NC(=O)COc2ccc(C3SCCS3)cc2)c(C)n1-c1sc2c(c1C#N)CCCC2. The Kier molecular flexibility index (Phi) is 7.75. The fraction of sp³-hybridized carbons (Fsp3) is 0.370. The average Bonchev–Trinajstić information content (AvgIpc) is 3.61. The summed E-state index contributed by atoms with van der Waals surface area (Å²) in [5.41, 5.74) is 8.81. The number of amides is 1. The summed E-state index contributed by atoms with van der Waals surface area (Å²) in [7, 11) is 0. The number of hydrazone groups is 1. The van der Waals surface area contributed by atoms with Gasteiger partial charge in [-0.05, 0) is 68.9 Å². The number of hydrogen-bond donors (Lipinski definition) is 1. The minimum absolute atomic E-state index is 0.102. The third-order valence-corrected chi connectivity index (χ3v) is 10.9. The molecule has 2 aromatic heterocycles. The zero-order chi connectivity index (χ0) is 25.1. The van der Waals surface area contributed by atoms with Gasteiger partial charge >= 0.3 is 0 Å². The molecular weight excluding hydrogens is 509 g/mol. The number of nitrogens with one attached hydrogen (secondary N) is 1.